The van der Waals surface area contributed by atoms with Crippen LogP contribution in [0.1, 0.15) is 45.4 Å². The molecule has 0 spiro atoms. The molecule has 0 bridgehead atoms. The Bertz CT molecular complexity index is 789. The lowest BCUT2D eigenvalue weighted by molar-refractivity contribution is 0.253. The zero-order chi connectivity index (χ0) is 18.7. The summed E-state index contributed by atoms with van der Waals surface area (Å²) in [6, 6.07) is 9.27. The maximum Gasteiger partial charge on any atom is 0.244 e. The van der Waals surface area contributed by atoms with Crippen LogP contribution in [0.5, 0.6) is 0 Å². The molecule has 0 aliphatic heterocycles. The third-order valence-corrected chi connectivity index (χ3v) is 5.47. The predicted molar refractivity (Wildman–Crippen MR) is 98.0 cm³/mol. The highest BCUT2D eigenvalue weighted by Crippen LogP contribution is 2.28. The monoisotopic (exact) mass is 365 g/mol. The van der Waals surface area contributed by atoms with Crippen LogP contribution in [0.4, 0.5) is 0 Å². The third kappa shape index (κ3) is 4.90. The summed E-state index contributed by atoms with van der Waals surface area (Å²) in [4.78, 5) is 0.169. The number of aromatic nitrogens is 2. The van der Waals surface area contributed by atoms with E-state index in [1.165, 1.54) is 0 Å². The summed E-state index contributed by atoms with van der Waals surface area (Å²) in [6.45, 7) is 7.89. The number of aliphatic hydroxyl groups is 1. The molecule has 0 fully saturated rings. The Hall–Kier alpha value is -1.70. The second-order valence-electron chi connectivity index (χ2n) is 7.18. The molecule has 2 rings (SSSR count). The molecule has 1 aromatic carbocycles. The first-order valence-electron chi connectivity index (χ1n) is 8.42. The largest absolute Gasteiger partial charge is 0.395 e. The van der Waals surface area contributed by atoms with Gasteiger partial charge in [-0.3, -0.25) is 4.68 Å². The number of nitrogens with zero attached hydrogens (tertiary/aromatic N) is 2. The lowest BCUT2D eigenvalue weighted by atomic mass is 9.92. The minimum absolute atomic E-state index is 0.169. The number of nitrogens with one attached hydrogen (secondary N) is 1. The topological polar surface area (TPSA) is 84.2 Å². The quantitative estimate of drug-likeness (QED) is 0.788. The van der Waals surface area contributed by atoms with Crippen LogP contribution in [-0.4, -0.2) is 36.0 Å². The second kappa shape index (κ2) is 7.68. The number of benzene rings is 1. The maximum absolute atomic E-state index is 12.8. The van der Waals surface area contributed by atoms with Gasteiger partial charge in [-0.05, 0) is 12.0 Å². The summed E-state index contributed by atoms with van der Waals surface area (Å²) in [5.74, 6) is 0. The first-order chi connectivity index (χ1) is 11.7. The molecule has 0 aliphatic rings. The van der Waals surface area contributed by atoms with E-state index < -0.39 is 21.5 Å². The molecule has 1 heterocycles. The van der Waals surface area contributed by atoms with Gasteiger partial charge in [0.1, 0.15) is 4.90 Å². The average molecular weight is 365 g/mol. The first kappa shape index (κ1) is 19.6. The van der Waals surface area contributed by atoms with Gasteiger partial charge in [0.05, 0.1) is 18.8 Å². The first-order valence-corrected chi connectivity index (χ1v) is 9.90. The van der Waals surface area contributed by atoms with Crippen molar-refractivity contribution in [1.82, 2.24) is 14.5 Å². The summed E-state index contributed by atoms with van der Waals surface area (Å²) in [5, 5.41) is 13.9. The van der Waals surface area contributed by atoms with Crippen LogP contribution in [0, 0.1) is 0 Å². The van der Waals surface area contributed by atoms with Crippen molar-refractivity contribution < 1.29 is 13.5 Å². The van der Waals surface area contributed by atoms with Crippen molar-refractivity contribution in [3.8, 4) is 0 Å². The van der Waals surface area contributed by atoms with Crippen LogP contribution in [0.3, 0.4) is 0 Å². The Labute approximate surface area is 149 Å². The van der Waals surface area contributed by atoms with Crippen molar-refractivity contribution in [3.05, 3.63) is 47.8 Å². The van der Waals surface area contributed by atoms with E-state index in [4.69, 9.17) is 0 Å². The molecule has 138 valence electrons. The molecule has 0 aliphatic carbocycles. The van der Waals surface area contributed by atoms with Crippen molar-refractivity contribution in [2.24, 2.45) is 0 Å². The molecule has 25 heavy (non-hydrogen) atoms. The van der Waals surface area contributed by atoms with Crippen LogP contribution in [0.15, 0.2) is 41.4 Å². The van der Waals surface area contributed by atoms with Crippen molar-refractivity contribution >= 4 is 10.0 Å². The van der Waals surface area contributed by atoms with Gasteiger partial charge in [0.25, 0.3) is 0 Å². The lowest BCUT2D eigenvalue weighted by Crippen LogP contribution is -2.37. The number of sulfonamides is 1. The standard InChI is InChI=1S/C18H27N3O3S/c1-5-15(13-22)20-25(23,24)16-12-21(19-17(16)18(2,3)4)11-14-9-7-6-8-10-14/h6-10,12,15,20,22H,5,11,13H2,1-4H3. The summed E-state index contributed by atoms with van der Waals surface area (Å²) in [5.41, 5.74) is 1.14. The van der Waals surface area contributed by atoms with Gasteiger partial charge >= 0.3 is 0 Å². The summed E-state index contributed by atoms with van der Waals surface area (Å²) in [7, 11) is -3.76. The molecule has 1 atom stereocenters. The van der Waals surface area contributed by atoms with E-state index in [9.17, 15) is 13.5 Å². The van der Waals surface area contributed by atoms with E-state index in [-0.39, 0.29) is 11.5 Å². The van der Waals surface area contributed by atoms with Gasteiger partial charge in [-0.2, -0.15) is 5.10 Å². The Morgan fingerprint density at radius 2 is 1.88 bits per heavy atom. The Morgan fingerprint density at radius 1 is 1.24 bits per heavy atom. The van der Waals surface area contributed by atoms with Gasteiger partial charge < -0.3 is 5.11 Å². The maximum atomic E-state index is 12.8. The summed E-state index contributed by atoms with van der Waals surface area (Å²) < 4.78 is 29.9. The summed E-state index contributed by atoms with van der Waals surface area (Å²) in [6.07, 6.45) is 2.08. The summed E-state index contributed by atoms with van der Waals surface area (Å²) >= 11 is 0. The van der Waals surface area contributed by atoms with E-state index in [0.29, 0.717) is 18.7 Å². The SMILES string of the molecule is CCC(CO)NS(=O)(=O)c1cn(Cc2ccccc2)nc1C(C)(C)C. The van der Waals surface area contributed by atoms with Crippen molar-refractivity contribution in [3.63, 3.8) is 0 Å². The Kier molecular flexibility index (Phi) is 6.03. The molecule has 0 saturated carbocycles. The van der Waals surface area contributed by atoms with Crippen LogP contribution in [-0.2, 0) is 22.0 Å². The van der Waals surface area contributed by atoms with Crippen LogP contribution in [0.25, 0.3) is 0 Å². The zero-order valence-corrected chi connectivity index (χ0v) is 16.0. The predicted octanol–water partition coefficient (Wildman–Crippen LogP) is 2.28. The molecule has 2 aromatic rings. The minimum atomic E-state index is -3.76. The molecule has 1 unspecified atom stereocenters. The van der Waals surface area contributed by atoms with Gasteiger partial charge in [-0.25, -0.2) is 13.1 Å². The second-order valence-corrected chi connectivity index (χ2v) is 8.87. The molecular formula is C18H27N3O3S. The smallest absolute Gasteiger partial charge is 0.244 e. The van der Waals surface area contributed by atoms with Crippen molar-refractivity contribution in [2.75, 3.05) is 6.61 Å². The van der Waals surface area contributed by atoms with Crippen molar-refractivity contribution in [1.29, 1.82) is 0 Å². The van der Waals surface area contributed by atoms with Crippen LogP contribution in [0.2, 0.25) is 0 Å². The molecule has 0 radical (unpaired) electrons. The van der Waals surface area contributed by atoms with E-state index in [1.54, 1.807) is 10.9 Å². The van der Waals surface area contributed by atoms with E-state index in [0.717, 1.165) is 5.56 Å². The molecule has 7 heteroatoms. The van der Waals surface area contributed by atoms with Gasteiger partial charge in [0.15, 0.2) is 0 Å². The fraction of sp³-hybridized carbons (Fsp3) is 0.500. The van der Waals surface area contributed by atoms with Crippen LogP contribution >= 0.6 is 0 Å². The fourth-order valence-electron chi connectivity index (χ4n) is 2.50. The van der Waals surface area contributed by atoms with Crippen LogP contribution < -0.4 is 4.72 Å². The molecule has 2 N–H and O–H groups in total. The Morgan fingerprint density at radius 3 is 2.40 bits per heavy atom. The highest BCUT2D eigenvalue weighted by atomic mass is 32.2. The molecular weight excluding hydrogens is 338 g/mol. The van der Waals surface area contributed by atoms with Gasteiger partial charge in [0.2, 0.25) is 10.0 Å². The van der Waals surface area contributed by atoms with Gasteiger partial charge in [0, 0.05) is 17.7 Å². The number of aliphatic hydroxyl groups excluding tert-OH is 1. The molecule has 0 saturated heterocycles. The third-order valence-electron chi connectivity index (χ3n) is 3.95. The minimum Gasteiger partial charge on any atom is -0.395 e. The van der Waals surface area contributed by atoms with E-state index >= 15 is 0 Å². The normalized spacial score (nSPS) is 13.8. The van der Waals surface area contributed by atoms with Gasteiger partial charge in [-0.15, -0.1) is 0 Å². The van der Waals surface area contributed by atoms with E-state index in [1.807, 2.05) is 58.0 Å². The number of hydrogen-bond donors (Lipinski definition) is 2. The highest BCUT2D eigenvalue weighted by molar-refractivity contribution is 7.89. The van der Waals surface area contributed by atoms with Gasteiger partial charge in [-0.1, -0.05) is 58.0 Å². The number of hydrogen-bond acceptors (Lipinski definition) is 4. The molecule has 1 aromatic heterocycles. The average Bonchev–Trinajstić information content (AvgIpc) is 2.99. The fourth-order valence-corrected chi connectivity index (χ4v) is 4.17. The molecule has 6 nitrogen and oxygen atoms in total. The zero-order valence-electron chi connectivity index (χ0n) is 15.2. The number of rotatable bonds is 7. The highest BCUT2D eigenvalue weighted by Gasteiger charge is 2.31. The Balaban J connectivity index is 2.42. The lowest BCUT2D eigenvalue weighted by Gasteiger charge is -2.19. The van der Waals surface area contributed by atoms with E-state index in [2.05, 4.69) is 9.82 Å². The molecule has 0 amide bonds. The van der Waals surface area contributed by atoms with Crippen molar-refractivity contribution in [2.45, 2.75) is 57.0 Å².